The summed E-state index contributed by atoms with van der Waals surface area (Å²) in [5.74, 6) is 1.12. The highest BCUT2D eigenvalue weighted by molar-refractivity contribution is 5.81. The summed E-state index contributed by atoms with van der Waals surface area (Å²) in [6, 6.07) is 9.46. The molecule has 2 fully saturated rings. The number of likely N-dealkylation sites (tertiary alicyclic amines) is 1. The van der Waals surface area contributed by atoms with Crippen LogP contribution in [-0.2, 0) is 16.6 Å². The number of rotatable bonds is 2. The summed E-state index contributed by atoms with van der Waals surface area (Å²) in [5.41, 5.74) is 3.09. The Labute approximate surface area is 126 Å². The number of hydrogen-bond acceptors (Lipinski definition) is 2. The van der Waals surface area contributed by atoms with Crippen LogP contribution in [0.4, 0.5) is 0 Å². The Kier molecular flexibility index (Phi) is 3.04. The maximum atomic E-state index is 12.2. The van der Waals surface area contributed by atoms with Crippen LogP contribution in [0.5, 0.6) is 0 Å². The van der Waals surface area contributed by atoms with Crippen molar-refractivity contribution in [3.63, 3.8) is 0 Å². The molecule has 21 heavy (non-hydrogen) atoms. The van der Waals surface area contributed by atoms with E-state index in [1.54, 1.807) is 0 Å². The molecule has 0 amide bonds. The van der Waals surface area contributed by atoms with Crippen LogP contribution in [-0.4, -0.2) is 29.8 Å². The second-order valence-corrected chi connectivity index (χ2v) is 6.98. The minimum absolute atomic E-state index is 0.131. The van der Waals surface area contributed by atoms with Gasteiger partial charge in [0, 0.05) is 30.8 Å². The molecule has 1 heterocycles. The molecule has 0 N–H and O–H groups in total. The lowest BCUT2D eigenvalue weighted by atomic mass is 9.52. The van der Waals surface area contributed by atoms with Crippen LogP contribution in [0.1, 0.15) is 36.8 Å². The Morgan fingerprint density at radius 1 is 1.38 bits per heavy atom. The van der Waals surface area contributed by atoms with Crippen molar-refractivity contribution in [2.45, 2.75) is 43.6 Å². The predicted octanol–water partition coefficient (Wildman–Crippen LogP) is 3.11. The molecule has 1 aliphatic heterocycles. The molecule has 1 aromatic carbocycles. The van der Waals surface area contributed by atoms with Crippen LogP contribution in [0.3, 0.4) is 0 Å². The predicted molar refractivity (Wildman–Crippen MR) is 84.3 cm³/mol. The Balaban J connectivity index is 1.83. The van der Waals surface area contributed by atoms with Gasteiger partial charge in [-0.15, -0.1) is 6.58 Å². The first-order valence-corrected chi connectivity index (χ1v) is 8.19. The van der Waals surface area contributed by atoms with Gasteiger partial charge >= 0.3 is 0 Å². The van der Waals surface area contributed by atoms with Gasteiger partial charge in [0.2, 0.25) is 0 Å². The summed E-state index contributed by atoms with van der Waals surface area (Å²) in [4.78, 5) is 14.8. The number of nitrogens with zero attached hydrogens (tertiary/aromatic N) is 1. The van der Waals surface area contributed by atoms with Crippen molar-refractivity contribution in [1.82, 2.24) is 4.90 Å². The van der Waals surface area contributed by atoms with Crippen molar-refractivity contribution in [3.05, 3.63) is 48.0 Å². The number of fused-ring (bicyclic) bond motifs is 1. The number of hydrogen-bond donors (Lipinski definition) is 0. The summed E-state index contributed by atoms with van der Waals surface area (Å²) >= 11 is 0. The zero-order valence-electron chi connectivity index (χ0n) is 12.6. The molecule has 0 spiro atoms. The lowest BCUT2D eigenvalue weighted by Gasteiger charge is -2.58. The van der Waals surface area contributed by atoms with Crippen LogP contribution in [0.25, 0.3) is 0 Å². The van der Waals surface area contributed by atoms with Gasteiger partial charge in [0.25, 0.3) is 0 Å². The van der Waals surface area contributed by atoms with Gasteiger partial charge < -0.3 is 0 Å². The summed E-state index contributed by atoms with van der Waals surface area (Å²) in [7, 11) is 0. The average Bonchev–Trinajstić information content (AvgIpc) is 2.50. The van der Waals surface area contributed by atoms with E-state index in [9.17, 15) is 4.79 Å². The summed E-state index contributed by atoms with van der Waals surface area (Å²) in [6.45, 7) is 6.01. The monoisotopic (exact) mass is 281 g/mol. The summed E-state index contributed by atoms with van der Waals surface area (Å²) in [6.07, 6.45) is 6.93. The molecule has 4 rings (SSSR count). The number of Topliss-reactive ketones (excluding diaryl/α,β-unsaturated/α-hetero) is 1. The fourth-order valence-corrected chi connectivity index (χ4v) is 5.26. The van der Waals surface area contributed by atoms with Gasteiger partial charge in [0.15, 0.2) is 0 Å². The molecule has 2 heteroatoms. The Bertz CT molecular complexity index is 593. The Hall–Kier alpha value is -1.41. The molecule has 3 aliphatic rings. The molecular weight excluding hydrogens is 258 g/mol. The number of ketones is 1. The topological polar surface area (TPSA) is 20.3 Å². The van der Waals surface area contributed by atoms with Gasteiger partial charge in [-0.25, -0.2) is 0 Å². The zero-order valence-corrected chi connectivity index (χ0v) is 12.6. The minimum Gasteiger partial charge on any atom is -0.300 e. The van der Waals surface area contributed by atoms with Gasteiger partial charge in [-0.1, -0.05) is 30.3 Å². The third-order valence-electron chi connectivity index (χ3n) is 6.08. The van der Waals surface area contributed by atoms with E-state index in [4.69, 9.17) is 0 Å². The van der Waals surface area contributed by atoms with E-state index in [-0.39, 0.29) is 5.41 Å². The third kappa shape index (κ3) is 1.85. The molecule has 1 aromatic rings. The van der Waals surface area contributed by atoms with Crippen molar-refractivity contribution in [2.75, 3.05) is 13.1 Å². The summed E-state index contributed by atoms with van der Waals surface area (Å²) < 4.78 is 0. The van der Waals surface area contributed by atoms with Gasteiger partial charge in [-0.3, -0.25) is 9.69 Å². The Morgan fingerprint density at radius 2 is 2.24 bits per heavy atom. The zero-order chi connectivity index (χ0) is 14.4. The SMILES string of the molecule is C=CCN1CC[C@]23CC(=O)CC[C@H]2[C@H]1Cc1ccccc13. The van der Waals surface area contributed by atoms with E-state index in [2.05, 4.69) is 35.7 Å². The second kappa shape index (κ2) is 4.81. The van der Waals surface area contributed by atoms with Crippen molar-refractivity contribution < 1.29 is 4.79 Å². The minimum atomic E-state index is 0.131. The highest BCUT2D eigenvalue weighted by Gasteiger charge is 2.55. The number of carbonyl (C=O) groups excluding carboxylic acids is 1. The fraction of sp³-hybridized carbons (Fsp3) is 0.526. The van der Waals surface area contributed by atoms with Crippen molar-refractivity contribution >= 4 is 5.78 Å². The van der Waals surface area contributed by atoms with Crippen molar-refractivity contribution in [1.29, 1.82) is 0 Å². The van der Waals surface area contributed by atoms with Crippen molar-refractivity contribution in [3.8, 4) is 0 Å². The van der Waals surface area contributed by atoms with E-state index in [1.807, 2.05) is 6.08 Å². The summed E-state index contributed by atoms with van der Waals surface area (Å²) in [5, 5.41) is 0. The van der Waals surface area contributed by atoms with E-state index < -0.39 is 0 Å². The normalized spacial score (nSPS) is 35.0. The number of benzene rings is 1. The Morgan fingerprint density at radius 3 is 3.10 bits per heavy atom. The maximum absolute atomic E-state index is 12.2. The lowest BCUT2D eigenvalue weighted by Crippen LogP contribution is -2.61. The smallest absolute Gasteiger partial charge is 0.133 e. The number of piperidine rings is 1. The lowest BCUT2D eigenvalue weighted by molar-refractivity contribution is -0.127. The molecule has 0 aromatic heterocycles. The maximum Gasteiger partial charge on any atom is 0.133 e. The average molecular weight is 281 g/mol. The van der Waals surface area contributed by atoms with Crippen LogP contribution >= 0.6 is 0 Å². The molecule has 2 bridgehead atoms. The third-order valence-corrected chi connectivity index (χ3v) is 6.08. The fourth-order valence-electron chi connectivity index (χ4n) is 5.26. The molecule has 1 saturated heterocycles. The van der Waals surface area contributed by atoms with E-state index >= 15 is 0 Å². The molecule has 2 aliphatic carbocycles. The number of carbonyl (C=O) groups is 1. The van der Waals surface area contributed by atoms with E-state index in [0.717, 1.165) is 45.2 Å². The van der Waals surface area contributed by atoms with Crippen LogP contribution in [0, 0.1) is 5.92 Å². The van der Waals surface area contributed by atoms with E-state index in [0.29, 0.717) is 17.7 Å². The highest BCUT2D eigenvalue weighted by atomic mass is 16.1. The first-order valence-electron chi connectivity index (χ1n) is 8.19. The van der Waals surface area contributed by atoms with Crippen molar-refractivity contribution in [2.24, 2.45) is 5.92 Å². The van der Waals surface area contributed by atoms with E-state index in [1.165, 1.54) is 11.1 Å². The van der Waals surface area contributed by atoms with Gasteiger partial charge in [-0.2, -0.15) is 0 Å². The molecule has 2 nitrogen and oxygen atoms in total. The van der Waals surface area contributed by atoms with Crippen LogP contribution in [0.2, 0.25) is 0 Å². The standard InChI is InChI=1S/C19H23NO/c1-2-10-20-11-9-19-13-15(21)7-8-17(19)18(20)12-14-5-3-4-6-16(14)19/h2-6,17-18H,1,7-13H2/t17-,18+,19+/m0/s1. The largest absolute Gasteiger partial charge is 0.300 e. The van der Waals surface area contributed by atoms with Crippen LogP contribution in [0.15, 0.2) is 36.9 Å². The van der Waals surface area contributed by atoms with Gasteiger partial charge in [0.1, 0.15) is 5.78 Å². The molecule has 3 atom stereocenters. The highest BCUT2D eigenvalue weighted by Crippen LogP contribution is 2.54. The molecule has 110 valence electrons. The first kappa shape index (κ1) is 13.3. The second-order valence-electron chi connectivity index (χ2n) is 6.98. The van der Waals surface area contributed by atoms with Gasteiger partial charge in [-0.05, 0) is 42.9 Å². The molecule has 0 radical (unpaired) electrons. The molecule has 1 saturated carbocycles. The molecular formula is C19H23NO. The molecule has 0 unspecified atom stereocenters. The van der Waals surface area contributed by atoms with Gasteiger partial charge in [0.05, 0.1) is 0 Å². The quantitative estimate of drug-likeness (QED) is 0.776. The van der Waals surface area contributed by atoms with Crippen LogP contribution < -0.4 is 0 Å². The first-order chi connectivity index (χ1) is 10.2.